The second-order valence-corrected chi connectivity index (χ2v) is 6.32. The monoisotopic (exact) mass is 367 g/mol. The maximum atomic E-state index is 12.2. The number of fused-ring (bicyclic) bond motifs is 1. The molecule has 0 unspecified atom stereocenters. The van der Waals surface area contributed by atoms with E-state index in [1.54, 1.807) is 12.1 Å². The number of benzene rings is 3. The summed E-state index contributed by atoms with van der Waals surface area (Å²) in [6.45, 7) is 1.67. The Kier molecular flexibility index (Phi) is 5.54. The summed E-state index contributed by atoms with van der Waals surface area (Å²) in [5, 5.41) is 5.18. The Morgan fingerprint density at radius 1 is 1.12 bits per heavy atom. The highest BCUT2D eigenvalue weighted by atomic mass is 35.5. The minimum Gasteiger partial charge on any atom is -0.483 e. The van der Waals surface area contributed by atoms with Gasteiger partial charge in [-0.15, -0.1) is 0 Å². The van der Waals surface area contributed by atoms with Crippen molar-refractivity contribution >= 4 is 34.6 Å². The van der Waals surface area contributed by atoms with Crippen LogP contribution in [0, 0.1) is 0 Å². The van der Waals surface area contributed by atoms with E-state index in [1.165, 1.54) is 0 Å². The number of hydrogen-bond donors (Lipinski definition) is 1. The van der Waals surface area contributed by atoms with Gasteiger partial charge in [0.25, 0.3) is 5.91 Å². The van der Waals surface area contributed by atoms with Gasteiger partial charge in [0.1, 0.15) is 5.75 Å². The van der Waals surface area contributed by atoms with Crippen LogP contribution >= 0.6 is 11.6 Å². The third-order valence-corrected chi connectivity index (χ3v) is 4.50. The first-order valence-electron chi connectivity index (χ1n) is 8.23. The number of nitrogens with one attached hydrogen (secondary N) is 1. The van der Waals surface area contributed by atoms with Crippen LogP contribution in [0.5, 0.6) is 5.75 Å². The predicted molar refractivity (Wildman–Crippen MR) is 103 cm³/mol. The van der Waals surface area contributed by atoms with E-state index in [-0.39, 0.29) is 18.6 Å². The second kappa shape index (κ2) is 8.02. The lowest BCUT2D eigenvalue weighted by atomic mass is 10.0. The fourth-order valence-electron chi connectivity index (χ4n) is 2.85. The molecular formula is C21H18ClNO3. The molecule has 0 fully saturated rings. The minimum absolute atomic E-state index is 0.187. The fourth-order valence-corrected chi connectivity index (χ4v) is 3.15. The highest BCUT2D eigenvalue weighted by Crippen LogP contribution is 2.27. The lowest BCUT2D eigenvalue weighted by Gasteiger charge is -2.16. The average Bonchev–Trinajstić information content (AvgIpc) is 2.66. The summed E-state index contributed by atoms with van der Waals surface area (Å²) in [5.74, 6) is 0.0988. The van der Waals surface area contributed by atoms with E-state index in [0.717, 1.165) is 22.6 Å². The van der Waals surface area contributed by atoms with Gasteiger partial charge in [0.05, 0.1) is 11.6 Å². The third-order valence-electron chi connectivity index (χ3n) is 4.16. The van der Waals surface area contributed by atoms with Crippen LogP contribution in [0.15, 0.2) is 60.7 Å². The van der Waals surface area contributed by atoms with Crippen molar-refractivity contribution in [1.82, 2.24) is 5.32 Å². The molecule has 5 heteroatoms. The van der Waals surface area contributed by atoms with Gasteiger partial charge in [0, 0.05) is 5.02 Å². The normalized spacial score (nSPS) is 11.8. The van der Waals surface area contributed by atoms with Gasteiger partial charge in [0.15, 0.2) is 12.9 Å². The number of amides is 1. The van der Waals surface area contributed by atoms with Crippen molar-refractivity contribution in [2.24, 2.45) is 0 Å². The molecule has 0 saturated heterocycles. The summed E-state index contributed by atoms with van der Waals surface area (Å²) in [6.07, 6.45) is 0.752. The molecule has 0 spiro atoms. The number of carbonyl (C=O) groups excluding carboxylic acids is 2. The maximum Gasteiger partial charge on any atom is 0.258 e. The standard InChI is InChI=1S/C21H18ClNO3/c1-14(16-7-4-5-9-19(16)22)23-21(25)13-26-20-11-10-15-6-2-3-8-17(15)18(20)12-24/h2-12,14H,13H2,1H3,(H,23,25)/t14-/m1/s1. The average molecular weight is 368 g/mol. The van der Waals surface area contributed by atoms with Crippen LogP contribution in [-0.4, -0.2) is 18.8 Å². The van der Waals surface area contributed by atoms with Crippen molar-refractivity contribution in [3.8, 4) is 5.75 Å². The molecule has 0 aliphatic heterocycles. The SMILES string of the molecule is C[C@@H](NC(=O)COc1ccc2ccccc2c1C=O)c1ccccc1Cl. The van der Waals surface area contributed by atoms with Gasteiger partial charge < -0.3 is 10.1 Å². The van der Waals surface area contributed by atoms with Crippen molar-refractivity contribution in [2.45, 2.75) is 13.0 Å². The fraction of sp³-hybridized carbons (Fsp3) is 0.143. The molecule has 3 rings (SSSR count). The first-order valence-corrected chi connectivity index (χ1v) is 8.61. The van der Waals surface area contributed by atoms with Crippen LogP contribution in [0.25, 0.3) is 10.8 Å². The van der Waals surface area contributed by atoms with Gasteiger partial charge in [-0.3, -0.25) is 9.59 Å². The van der Waals surface area contributed by atoms with Crippen LogP contribution in [0.1, 0.15) is 28.9 Å². The summed E-state index contributed by atoms with van der Waals surface area (Å²) in [6, 6.07) is 18.2. The van der Waals surface area contributed by atoms with Crippen LogP contribution in [0.4, 0.5) is 0 Å². The molecule has 1 atom stereocenters. The molecule has 0 aliphatic rings. The molecule has 3 aromatic rings. The number of hydrogen-bond acceptors (Lipinski definition) is 3. The minimum atomic E-state index is -0.289. The smallest absolute Gasteiger partial charge is 0.258 e. The molecule has 0 bridgehead atoms. The Balaban J connectivity index is 1.69. The third kappa shape index (κ3) is 3.86. The van der Waals surface area contributed by atoms with Crippen LogP contribution < -0.4 is 10.1 Å². The van der Waals surface area contributed by atoms with E-state index in [1.807, 2.05) is 55.5 Å². The van der Waals surface area contributed by atoms with E-state index >= 15 is 0 Å². The molecule has 0 radical (unpaired) electrons. The zero-order valence-corrected chi connectivity index (χ0v) is 15.0. The van der Waals surface area contributed by atoms with Gasteiger partial charge in [-0.25, -0.2) is 0 Å². The number of rotatable bonds is 6. The first-order chi connectivity index (χ1) is 12.6. The zero-order valence-electron chi connectivity index (χ0n) is 14.2. The van der Waals surface area contributed by atoms with Gasteiger partial charge in [0.2, 0.25) is 0 Å². The summed E-state index contributed by atoms with van der Waals surface area (Å²) < 4.78 is 5.59. The lowest BCUT2D eigenvalue weighted by Crippen LogP contribution is -2.31. The molecule has 3 aromatic carbocycles. The van der Waals surface area contributed by atoms with Gasteiger partial charge in [-0.05, 0) is 35.4 Å². The van der Waals surface area contributed by atoms with Crippen LogP contribution in [0.2, 0.25) is 5.02 Å². The molecule has 0 saturated carbocycles. The van der Waals surface area contributed by atoms with E-state index < -0.39 is 0 Å². The van der Waals surface area contributed by atoms with Gasteiger partial charge in [-0.1, -0.05) is 60.1 Å². The van der Waals surface area contributed by atoms with Crippen LogP contribution in [-0.2, 0) is 4.79 Å². The maximum absolute atomic E-state index is 12.2. The Morgan fingerprint density at radius 3 is 2.62 bits per heavy atom. The van der Waals surface area contributed by atoms with E-state index in [9.17, 15) is 9.59 Å². The second-order valence-electron chi connectivity index (χ2n) is 5.92. The lowest BCUT2D eigenvalue weighted by molar-refractivity contribution is -0.123. The summed E-state index contributed by atoms with van der Waals surface area (Å²) in [7, 11) is 0. The van der Waals surface area contributed by atoms with Crippen molar-refractivity contribution in [1.29, 1.82) is 0 Å². The number of halogens is 1. The Bertz CT molecular complexity index is 955. The van der Waals surface area contributed by atoms with Gasteiger partial charge in [-0.2, -0.15) is 0 Å². The molecule has 1 amide bonds. The molecule has 0 aromatic heterocycles. The molecule has 132 valence electrons. The Labute approximate surface area is 156 Å². The summed E-state index contributed by atoms with van der Waals surface area (Å²) in [4.78, 5) is 23.7. The van der Waals surface area contributed by atoms with Gasteiger partial charge >= 0.3 is 0 Å². The number of aldehydes is 1. The summed E-state index contributed by atoms with van der Waals surface area (Å²) in [5.41, 5.74) is 1.27. The van der Waals surface area contributed by atoms with Crippen molar-refractivity contribution in [3.63, 3.8) is 0 Å². The van der Waals surface area contributed by atoms with E-state index in [2.05, 4.69) is 5.32 Å². The molecular weight excluding hydrogens is 350 g/mol. The van der Waals surface area contributed by atoms with Crippen molar-refractivity contribution in [2.75, 3.05) is 6.61 Å². The quantitative estimate of drug-likeness (QED) is 0.650. The van der Waals surface area contributed by atoms with E-state index in [0.29, 0.717) is 16.3 Å². The molecule has 26 heavy (non-hydrogen) atoms. The van der Waals surface area contributed by atoms with Crippen LogP contribution in [0.3, 0.4) is 0 Å². The zero-order chi connectivity index (χ0) is 18.5. The predicted octanol–water partition coefficient (Wildman–Crippen LogP) is 4.56. The highest BCUT2D eigenvalue weighted by Gasteiger charge is 2.14. The number of ether oxygens (including phenoxy) is 1. The molecule has 0 aliphatic carbocycles. The molecule has 0 heterocycles. The number of carbonyl (C=O) groups is 2. The Morgan fingerprint density at radius 2 is 1.85 bits per heavy atom. The van der Waals surface area contributed by atoms with Crippen molar-refractivity contribution < 1.29 is 14.3 Å². The first kappa shape index (κ1) is 18.0. The highest BCUT2D eigenvalue weighted by molar-refractivity contribution is 6.31. The Hall–Kier alpha value is -2.85. The van der Waals surface area contributed by atoms with E-state index in [4.69, 9.17) is 16.3 Å². The van der Waals surface area contributed by atoms with Crippen molar-refractivity contribution in [3.05, 3.63) is 76.8 Å². The summed E-state index contributed by atoms with van der Waals surface area (Å²) >= 11 is 6.15. The molecule has 1 N–H and O–H groups in total. The molecule has 4 nitrogen and oxygen atoms in total. The largest absolute Gasteiger partial charge is 0.483 e. The topological polar surface area (TPSA) is 55.4 Å².